The number of esters is 1. The Hall–Kier alpha value is -2.04. The summed E-state index contributed by atoms with van der Waals surface area (Å²) in [5, 5.41) is 0. The summed E-state index contributed by atoms with van der Waals surface area (Å²) in [4.78, 5) is 24.7. The number of anilines is 1. The van der Waals surface area contributed by atoms with Crippen LogP contribution in [-0.2, 0) is 20.7 Å². The van der Waals surface area contributed by atoms with Crippen LogP contribution in [0, 0.1) is 0 Å². The second-order valence-corrected chi connectivity index (χ2v) is 4.33. The standard InChI is InChI=1S/C14H17NO4/c1-3-18-14(17)9-13(16)15(2)11-4-5-12-10(8-11)6-7-19-12/h4-5,8H,3,6-7,9H2,1-2H3. The number of hydrogen-bond donors (Lipinski definition) is 0. The molecule has 0 aliphatic carbocycles. The highest BCUT2D eigenvalue weighted by Crippen LogP contribution is 2.29. The number of hydrogen-bond acceptors (Lipinski definition) is 4. The third-order valence-electron chi connectivity index (χ3n) is 3.04. The fraction of sp³-hybridized carbons (Fsp3) is 0.429. The number of ether oxygens (including phenoxy) is 2. The fourth-order valence-electron chi connectivity index (χ4n) is 1.98. The molecule has 0 aromatic heterocycles. The molecule has 0 radical (unpaired) electrons. The Morgan fingerprint density at radius 1 is 1.42 bits per heavy atom. The van der Waals surface area contributed by atoms with Crippen molar-refractivity contribution in [3.8, 4) is 5.75 Å². The van der Waals surface area contributed by atoms with Gasteiger partial charge in [0, 0.05) is 19.2 Å². The molecule has 19 heavy (non-hydrogen) atoms. The van der Waals surface area contributed by atoms with Gasteiger partial charge in [-0.3, -0.25) is 9.59 Å². The summed E-state index contributed by atoms with van der Waals surface area (Å²) in [5.41, 5.74) is 1.85. The molecule has 1 aromatic carbocycles. The molecular weight excluding hydrogens is 246 g/mol. The van der Waals surface area contributed by atoms with Crippen LogP contribution < -0.4 is 9.64 Å². The first-order chi connectivity index (χ1) is 9.11. The lowest BCUT2D eigenvalue weighted by atomic mass is 10.1. The van der Waals surface area contributed by atoms with Crippen LogP contribution in [0.3, 0.4) is 0 Å². The first-order valence-corrected chi connectivity index (χ1v) is 6.29. The molecule has 0 saturated heterocycles. The lowest BCUT2D eigenvalue weighted by Gasteiger charge is -2.17. The highest BCUT2D eigenvalue weighted by Gasteiger charge is 2.18. The van der Waals surface area contributed by atoms with Crippen LogP contribution in [0.2, 0.25) is 0 Å². The Morgan fingerprint density at radius 2 is 2.21 bits per heavy atom. The molecule has 0 bridgehead atoms. The summed E-state index contributed by atoms with van der Waals surface area (Å²) in [6.45, 7) is 2.68. The van der Waals surface area contributed by atoms with Crippen LogP contribution >= 0.6 is 0 Å². The maximum absolute atomic E-state index is 11.9. The minimum Gasteiger partial charge on any atom is -0.493 e. The van der Waals surface area contributed by atoms with E-state index in [0.29, 0.717) is 6.61 Å². The van der Waals surface area contributed by atoms with E-state index in [-0.39, 0.29) is 18.9 Å². The van der Waals surface area contributed by atoms with Crippen LogP contribution in [0.25, 0.3) is 0 Å². The predicted octanol–water partition coefficient (Wildman–Crippen LogP) is 1.54. The Bertz CT molecular complexity index is 498. The van der Waals surface area contributed by atoms with Gasteiger partial charge >= 0.3 is 5.97 Å². The molecule has 1 aliphatic rings. The monoisotopic (exact) mass is 263 g/mol. The smallest absolute Gasteiger partial charge is 0.315 e. The molecule has 0 spiro atoms. The minimum absolute atomic E-state index is 0.238. The molecule has 1 heterocycles. The van der Waals surface area contributed by atoms with Crippen LogP contribution in [0.4, 0.5) is 5.69 Å². The van der Waals surface area contributed by atoms with Gasteiger partial charge in [0.05, 0.1) is 13.2 Å². The molecule has 1 aromatic rings. The Balaban J connectivity index is 2.04. The SMILES string of the molecule is CCOC(=O)CC(=O)N(C)c1ccc2c(c1)CCO2. The zero-order valence-electron chi connectivity index (χ0n) is 11.1. The first-order valence-electron chi connectivity index (χ1n) is 6.29. The van der Waals surface area contributed by atoms with Crippen molar-refractivity contribution in [3.63, 3.8) is 0 Å². The largest absolute Gasteiger partial charge is 0.493 e. The van der Waals surface area contributed by atoms with Crippen molar-refractivity contribution >= 4 is 17.6 Å². The average Bonchev–Trinajstić information content (AvgIpc) is 2.85. The van der Waals surface area contributed by atoms with E-state index >= 15 is 0 Å². The second-order valence-electron chi connectivity index (χ2n) is 4.33. The van der Waals surface area contributed by atoms with Crippen molar-refractivity contribution < 1.29 is 19.1 Å². The van der Waals surface area contributed by atoms with Crippen molar-refractivity contribution in [1.82, 2.24) is 0 Å². The molecule has 5 heteroatoms. The van der Waals surface area contributed by atoms with Crippen molar-refractivity contribution in [3.05, 3.63) is 23.8 Å². The van der Waals surface area contributed by atoms with E-state index in [1.165, 1.54) is 4.90 Å². The van der Waals surface area contributed by atoms with Crippen LogP contribution in [0.1, 0.15) is 18.9 Å². The average molecular weight is 263 g/mol. The van der Waals surface area contributed by atoms with E-state index in [1.807, 2.05) is 18.2 Å². The Morgan fingerprint density at radius 3 is 2.95 bits per heavy atom. The van der Waals surface area contributed by atoms with Crippen molar-refractivity contribution in [2.75, 3.05) is 25.2 Å². The lowest BCUT2D eigenvalue weighted by Crippen LogP contribution is -2.28. The van der Waals surface area contributed by atoms with Crippen LogP contribution in [-0.4, -0.2) is 32.1 Å². The highest BCUT2D eigenvalue weighted by molar-refractivity contribution is 6.03. The second kappa shape index (κ2) is 5.73. The molecule has 0 unspecified atom stereocenters. The summed E-state index contributed by atoms with van der Waals surface area (Å²) < 4.78 is 10.2. The van der Waals surface area contributed by atoms with E-state index in [1.54, 1.807) is 14.0 Å². The van der Waals surface area contributed by atoms with E-state index < -0.39 is 5.97 Å². The first kappa shape index (κ1) is 13.4. The molecule has 102 valence electrons. The fourth-order valence-corrected chi connectivity index (χ4v) is 1.98. The summed E-state index contributed by atoms with van der Waals surface area (Å²) in [6, 6.07) is 5.59. The third kappa shape index (κ3) is 3.05. The topological polar surface area (TPSA) is 55.8 Å². The number of fused-ring (bicyclic) bond motifs is 1. The van der Waals surface area contributed by atoms with Crippen LogP contribution in [0.5, 0.6) is 5.75 Å². The quantitative estimate of drug-likeness (QED) is 0.610. The number of carbonyl (C=O) groups is 2. The minimum atomic E-state index is -0.496. The van der Waals surface area contributed by atoms with Gasteiger partial charge in [-0.05, 0) is 30.7 Å². The van der Waals surface area contributed by atoms with Gasteiger partial charge in [-0.1, -0.05) is 0 Å². The third-order valence-corrected chi connectivity index (χ3v) is 3.04. The molecule has 0 N–H and O–H groups in total. The van der Waals surface area contributed by atoms with Gasteiger partial charge < -0.3 is 14.4 Å². The zero-order valence-corrected chi connectivity index (χ0v) is 11.1. The summed E-state index contributed by atoms with van der Waals surface area (Å²) >= 11 is 0. The molecule has 1 aliphatic heterocycles. The molecule has 1 amide bonds. The van der Waals surface area contributed by atoms with Crippen molar-refractivity contribution in [2.45, 2.75) is 19.8 Å². The van der Waals surface area contributed by atoms with Gasteiger partial charge in [-0.15, -0.1) is 0 Å². The Labute approximate surface area is 112 Å². The van der Waals surface area contributed by atoms with Crippen molar-refractivity contribution in [2.24, 2.45) is 0 Å². The maximum Gasteiger partial charge on any atom is 0.315 e. The number of amides is 1. The van der Waals surface area contributed by atoms with Gasteiger partial charge in [0.1, 0.15) is 12.2 Å². The van der Waals surface area contributed by atoms with E-state index in [2.05, 4.69) is 0 Å². The maximum atomic E-state index is 11.9. The molecule has 2 rings (SSSR count). The molecule has 0 fully saturated rings. The normalized spacial score (nSPS) is 12.5. The van der Waals surface area contributed by atoms with Gasteiger partial charge in [0.2, 0.25) is 5.91 Å². The number of nitrogens with zero attached hydrogens (tertiary/aromatic N) is 1. The van der Waals surface area contributed by atoms with E-state index in [4.69, 9.17) is 9.47 Å². The molecule has 0 saturated carbocycles. The zero-order chi connectivity index (χ0) is 13.8. The summed E-state index contributed by atoms with van der Waals surface area (Å²) in [7, 11) is 1.65. The van der Waals surface area contributed by atoms with Gasteiger partial charge in [-0.2, -0.15) is 0 Å². The molecule has 0 atom stereocenters. The molecule has 5 nitrogen and oxygen atoms in total. The van der Waals surface area contributed by atoms with Crippen LogP contribution in [0.15, 0.2) is 18.2 Å². The van der Waals surface area contributed by atoms with Gasteiger partial charge in [0.25, 0.3) is 0 Å². The molecular formula is C14H17NO4. The van der Waals surface area contributed by atoms with E-state index in [0.717, 1.165) is 23.4 Å². The predicted molar refractivity (Wildman–Crippen MR) is 70.3 cm³/mol. The van der Waals surface area contributed by atoms with Gasteiger partial charge in [0.15, 0.2) is 0 Å². The summed E-state index contributed by atoms with van der Waals surface area (Å²) in [5.74, 6) is 0.0937. The lowest BCUT2D eigenvalue weighted by molar-refractivity contribution is -0.145. The number of rotatable bonds is 4. The highest BCUT2D eigenvalue weighted by atomic mass is 16.5. The Kier molecular flexibility index (Phi) is 4.04. The number of benzene rings is 1. The van der Waals surface area contributed by atoms with Crippen molar-refractivity contribution in [1.29, 1.82) is 0 Å². The number of carbonyl (C=O) groups excluding carboxylic acids is 2. The summed E-state index contributed by atoms with van der Waals surface area (Å²) in [6.07, 6.45) is 0.612. The van der Waals surface area contributed by atoms with E-state index in [9.17, 15) is 9.59 Å². The van der Waals surface area contributed by atoms with Gasteiger partial charge in [-0.25, -0.2) is 0 Å².